The lowest BCUT2D eigenvalue weighted by Crippen LogP contribution is -2.28. The first-order valence-corrected chi connectivity index (χ1v) is 6.83. The molecular formula is C9H18O5S. The molecule has 1 unspecified atom stereocenters. The van der Waals surface area contributed by atoms with E-state index in [0.717, 1.165) is 19.3 Å². The van der Waals surface area contributed by atoms with E-state index < -0.39 is 10.1 Å². The molecule has 15 heavy (non-hydrogen) atoms. The topological polar surface area (TPSA) is 72.8 Å². The van der Waals surface area contributed by atoms with Crippen molar-refractivity contribution in [2.75, 3.05) is 25.6 Å². The van der Waals surface area contributed by atoms with Crippen molar-refractivity contribution in [1.29, 1.82) is 0 Å². The van der Waals surface area contributed by atoms with Gasteiger partial charge in [-0.3, -0.25) is 4.55 Å². The van der Waals surface area contributed by atoms with Crippen LogP contribution in [0.3, 0.4) is 0 Å². The average Bonchev–Trinajstić information content (AvgIpc) is 2.17. The highest BCUT2D eigenvalue weighted by molar-refractivity contribution is 7.85. The Hall–Kier alpha value is -0.170. The van der Waals surface area contributed by atoms with Crippen LogP contribution in [0.2, 0.25) is 0 Å². The third-order valence-electron chi connectivity index (χ3n) is 2.31. The van der Waals surface area contributed by atoms with Gasteiger partial charge in [-0.15, -0.1) is 0 Å². The van der Waals surface area contributed by atoms with Crippen LogP contribution in [0.15, 0.2) is 0 Å². The molecule has 0 aromatic rings. The molecular weight excluding hydrogens is 220 g/mol. The Morgan fingerprint density at radius 3 is 2.60 bits per heavy atom. The molecule has 1 atom stereocenters. The monoisotopic (exact) mass is 238 g/mol. The van der Waals surface area contributed by atoms with Gasteiger partial charge in [-0.2, -0.15) is 8.42 Å². The summed E-state index contributed by atoms with van der Waals surface area (Å²) in [5, 5.41) is 0. The van der Waals surface area contributed by atoms with E-state index in [1.54, 1.807) is 0 Å². The van der Waals surface area contributed by atoms with Gasteiger partial charge in [0.15, 0.2) is 0 Å². The van der Waals surface area contributed by atoms with E-state index in [-0.39, 0.29) is 11.9 Å². The number of rotatable bonds is 6. The van der Waals surface area contributed by atoms with Crippen LogP contribution in [0, 0.1) is 0 Å². The van der Waals surface area contributed by atoms with Crippen molar-refractivity contribution in [3.63, 3.8) is 0 Å². The summed E-state index contributed by atoms with van der Waals surface area (Å²) < 4.78 is 40.0. The summed E-state index contributed by atoms with van der Waals surface area (Å²) in [4.78, 5) is 0. The smallest absolute Gasteiger partial charge is 0.264 e. The lowest BCUT2D eigenvalue weighted by atomic mass is 10.1. The molecule has 0 bridgehead atoms. The zero-order chi connectivity index (χ0) is 11.1. The molecule has 0 radical (unpaired) electrons. The van der Waals surface area contributed by atoms with E-state index in [1.807, 2.05) is 0 Å². The molecule has 1 saturated heterocycles. The molecule has 0 amide bonds. The number of hydrogen-bond acceptors (Lipinski definition) is 4. The third kappa shape index (κ3) is 6.83. The van der Waals surface area contributed by atoms with Crippen molar-refractivity contribution in [1.82, 2.24) is 0 Å². The van der Waals surface area contributed by atoms with Gasteiger partial charge in [-0.25, -0.2) is 0 Å². The van der Waals surface area contributed by atoms with E-state index in [2.05, 4.69) is 0 Å². The zero-order valence-electron chi connectivity index (χ0n) is 8.72. The number of hydrogen-bond donors (Lipinski definition) is 1. The van der Waals surface area contributed by atoms with Gasteiger partial charge in [-0.1, -0.05) is 12.8 Å². The highest BCUT2D eigenvalue weighted by Gasteiger charge is 2.13. The maximum atomic E-state index is 10.4. The van der Waals surface area contributed by atoms with Gasteiger partial charge < -0.3 is 9.47 Å². The lowest BCUT2D eigenvalue weighted by molar-refractivity contribution is -0.0912. The third-order valence-corrected chi connectivity index (χ3v) is 3.12. The van der Waals surface area contributed by atoms with Crippen molar-refractivity contribution < 1.29 is 22.4 Å². The fourth-order valence-electron chi connectivity index (χ4n) is 1.54. The van der Waals surface area contributed by atoms with Crippen LogP contribution in [0.1, 0.15) is 25.7 Å². The number of unbranched alkanes of at least 4 members (excludes halogenated alkanes) is 2. The van der Waals surface area contributed by atoms with Crippen molar-refractivity contribution in [2.45, 2.75) is 31.8 Å². The van der Waals surface area contributed by atoms with Crippen molar-refractivity contribution >= 4 is 10.1 Å². The molecule has 6 heteroatoms. The molecule has 1 fully saturated rings. The van der Waals surface area contributed by atoms with Gasteiger partial charge in [0.05, 0.1) is 31.7 Å². The van der Waals surface area contributed by atoms with E-state index in [9.17, 15) is 8.42 Å². The molecule has 0 saturated carbocycles. The highest BCUT2D eigenvalue weighted by Crippen LogP contribution is 2.10. The lowest BCUT2D eigenvalue weighted by Gasteiger charge is -2.22. The van der Waals surface area contributed by atoms with Crippen LogP contribution in [0.25, 0.3) is 0 Å². The summed E-state index contributed by atoms with van der Waals surface area (Å²) in [7, 11) is -3.79. The first-order valence-electron chi connectivity index (χ1n) is 5.22. The minimum Gasteiger partial charge on any atom is -0.376 e. The molecule has 1 N–H and O–H groups in total. The van der Waals surface area contributed by atoms with E-state index in [1.165, 1.54) is 0 Å². The van der Waals surface area contributed by atoms with Crippen molar-refractivity contribution in [3.8, 4) is 0 Å². The molecule has 90 valence electrons. The minimum atomic E-state index is -3.79. The summed E-state index contributed by atoms with van der Waals surface area (Å²) in [6, 6.07) is 0. The first kappa shape index (κ1) is 12.9. The molecule has 1 aliphatic rings. The molecule has 1 aliphatic heterocycles. The van der Waals surface area contributed by atoms with Gasteiger partial charge in [0, 0.05) is 0 Å². The zero-order valence-corrected chi connectivity index (χ0v) is 9.54. The highest BCUT2D eigenvalue weighted by atomic mass is 32.2. The largest absolute Gasteiger partial charge is 0.376 e. The van der Waals surface area contributed by atoms with Crippen LogP contribution in [-0.4, -0.2) is 44.6 Å². The predicted molar refractivity (Wildman–Crippen MR) is 55.4 cm³/mol. The predicted octanol–water partition coefficient (Wildman–Crippen LogP) is 0.850. The average molecular weight is 238 g/mol. The van der Waals surface area contributed by atoms with E-state index in [0.29, 0.717) is 26.2 Å². The second-order valence-corrected chi connectivity index (χ2v) is 5.28. The van der Waals surface area contributed by atoms with E-state index >= 15 is 0 Å². The Balaban J connectivity index is 1.96. The quantitative estimate of drug-likeness (QED) is 0.548. The van der Waals surface area contributed by atoms with Gasteiger partial charge in [0.2, 0.25) is 0 Å². The Bertz CT molecular complexity index is 256. The second kappa shape index (κ2) is 6.42. The second-order valence-electron chi connectivity index (χ2n) is 3.70. The van der Waals surface area contributed by atoms with Gasteiger partial charge >= 0.3 is 0 Å². The van der Waals surface area contributed by atoms with Crippen LogP contribution in [0.5, 0.6) is 0 Å². The maximum Gasteiger partial charge on any atom is 0.264 e. The van der Waals surface area contributed by atoms with Crippen molar-refractivity contribution in [2.24, 2.45) is 0 Å². The Morgan fingerprint density at radius 2 is 2.00 bits per heavy atom. The fourth-order valence-corrected chi connectivity index (χ4v) is 2.11. The number of ether oxygens (including phenoxy) is 2. The SMILES string of the molecule is O=S(=O)(O)CCCCCC1COCCO1. The fraction of sp³-hybridized carbons (Fsp3) is 1.00. The summed E-state index contributed by atoms with van der Waals surface area (Å²) in [6.45, 7) is 1.95. The van der Waals surface area contributed by atoms with Crippen LogP contribution < -0.4 is 0 Å². The molecule has 0 aromatic carbocycles. The molecule has 1 rings (SSSR count). The molecule has 0 spiro atoms. The summed E-state index contributed by atoms with van der Waals surface area (Å²) in [5.74, 6) is -0.144. The Kier molecular flexibility index (Phi) is 5.52. The molecule has 5 nitrogen and oxygen atoms in total. The normalized spacial score (nSPS) is 22.9. The summed E-state index contributed by atoms with van der Waals surface area (Å²) >= 11 is 0. The minimum absolute atomic E-state index is 0.144. The van der Waals surface area contributed by atoms with Crippen LogP contribution in [-0.2, 0) is 19.6 Å². The maximum absolute atomic E-state index is 10.4. The van der Waals surface area contributed by atoms with Crippen molar-refractivity contribution in [3.05, 3.63) is 0 Å². The van der Waals surface area contributed by atoms with E-state index in [4.69, 9.17) is 14.0 Å². The summed E-state index contributed by atoms with van der Waals surface area (Å²) in [5.41, 5.74) is 0. The molecule has 0 aliphatic carbocycles. The Morgan fingerprint density at radius 1 is 1.20 bits per heavy atom. The Labute approximate surface area is 90.5 Å². The molecule has 1 heterocycles. The summed E-state index contributed by atoms with van der Waals surface area (Å²) in [6.07, 6.45) is 3.26. The van der Waals surface area contributed by atoms with Crippen LogP contribution >= 0.6 is 0 Å². The van der Waals surface area contributed by atoms with Gasteiger partial charge in [-0.05, 0) is 12.8 Å². The van der Waals surface area contributed by atoms with Crippen LogP contribution in [0.4, 0.5) is 0 Å². The van der Waals surface area contributed by atoms with Gasteiger partial charge in [0.25, 0.3) is 10.1 Å². The first-order chi connectivity index (χ1) is 7.08. The molecule has 0 aromatic heterocycles. The standard InChI is InChI=1S/C9H18O5S/c10-15(11,12)7-3-1-2-4-9-8-13-5-6-14-9/h9H,1-8H2,(H,10,11,12). The van der Waals surface area contributed by atoms with Gasteiger partial charge in [0.1, 0.15) is 0 Å².